The van der Waals surface area contributed by atoms with E-state index in [1.807, 2.05) is 6.07 Å². The van der Waals surface area contributed by atoms with Crippen molar-refractivity contribution >= 4 is 5.69 Å². The van der Waals surface area contributed by atoms with Crippen molar-refractivity contribution < 1.29 is 19.3 Å². The molecule has 0 aromatic heterocycles. The van der Waals surface area contributed by atoms with Gasteiger partial charge in [0.05, 0.1) is 14.2 Å². The highest BCUT2D eigenvalue weighted by Crippen LogP contribution is 2.42. The van der Waals surface area contributed by atoms with Crippen molar-refractivity contribution in [1.29, 1.82) is 0 Å². The van der Waals surface area contributed by atoms with E-state index in [-0.39, 0.29) is 0 Å². The van der Waals surface area contributed by atoms with Gasteiger partial charge in [-0.3, -0.25) is 4.90 Å². The van der Waals surface area contributed by atoms with Gasteiger partial charge in [-0.15, -0.1) is 0 Å². The van der Waals surface area contributed by atoms with Gasteiger partial charge in [0.1, 0.15) is 18.1 Å². The molecule has 0 radical (unpaired) electrons. The van der Waals surface area contributed by atoms with Gasteiger partial charge in [-0.05, 0) is 117 Å². The summed E-state index contributed by atoms with van der Waals surface area (Å²) < 4.78 is 17.3. The number of rotatable bonds is 12. The lowest BCUT2D eigenvalue weighted by atomic mass is 9.79. The SMILES string of the molecule is COc1cc(NCCCc2ccc(OCCN3CCCCCC3)cc2)c([C@@H]2CCc3cc(O)ccc3C2)cc1OC. The van der Waals surface area contributed by atoms with Crippen LogP contribution in [0.5, 0.6) is 23.0 Å². The lowest BCUT2D eigenvalue weighted by Crippen LogP contribution is -2.29. The maximum absolute atomic E-state index is 9.90. The number of aryl methyl sites for hydroxylation is 2. The Morgan fingerprint density at radius 1 is 0.878 bits per heavy atom. The number of aromatic hydroxyl groups is 1. The van der Waals surface area contributed by atoms with E-state index in [2.05, 4.69) is 52.7 Å². The second kappa shape index (κ2) is 14.5. The van der Waals surface area contributed by atoms with Crippen molar-refractivity contribution in [3.63, 3.8) is 0 Å². The number of phenols is 1. The number of benzene rings is 3. The molecule has 0 bridgehead atoms. The molecular weight excluding hydrogens is 512 g/mol. The molecule has 1 fully saturated rings. The zero-order valence-corrected chi connectivity index (χ0v) is 24.8. The van der Waals surface area contributed by atoms with Crippen molar-refractivity contribution in [2.24, 2.45) is 0 Å². The number of phenolic OH excluding ortho intramolecular Hbond substituents is 1. The molecule has 3 aromatic carbocycles. The van der Waals surface area contributed by atoms with E-state index in [4.69, 9.17) is 14.2 Å². The highest BCUT2D eigenvalue weighted by molar-refractivity contribution is 5.62. The Labute approximate surface area is 245 Å². The summed E-state index contributed by atoms with van der Waals surface area (Å²) in [5, 5.41) is 13.6. The number of likely N-dealkylation sites (tertiary alicyclic amines) is 1. The molecule has 1 atom stereocenters. The van der Waals surface area contributed by atoms with Crippen molar-refractivity contribution in [1.82, 2.24) is 4.90 Å². The van der Waals surface area contributed by atoms with E-state index in [9.17, 15) is 5.11 Å². The normalized spacial score (nSPS) is 17.4. The van der Waals surface area contributed by atoms with Crippen LogP contribution >= 0.6 is 0 Å². The number of nitrogens with zero attached hydrogens (tertiary/aromatic N) is 1. The summed E-state index contributed by atoms with van der Waals surface area (Å²) in [7, 11) is 3.38. The van der Waals surface area contributed by atoms with Gasteiger partial charge in [0, 0.05) is 24.8 Å². The number of ether oxygens (including phenoxy) is 3. The maximum atomic E-state index is 9.90. The molecule has 0 saturated carbocycles. The third kappa shape index (κ3) is 7.88. The quantitative estimate of drug-likeness (QED) is 0.234. The zero-order chi connectivity index (χ0) is 28.4. The predicted octanol–water partition coefficient (Wildman–Crippen LogP) is 6.98. The van der Waals surface area contributed by atoms with Crippen LogP contribution in [0.3, 0.4) is 0 Å². The van der Waals surface area contributed by atoms with Gasteiger partial charge in [-0.25, -0.2) is 0 Å². The van der Waals surface area contributed by atoms with E-state index in [0.717, 1.165) is 74.7 Å². The monoisotopic (exact) mass is 558 g/mol. The first kappa shape index (κ1) is 29.1. The minimum absolute atomic E-state index is 0.348. The number of methoxy groups -OCH3 is 2. The molecule has 0 amide bonds. The topological polar surface area (TPSA) is 63.2 Å². The van der Waals surface area contributed by atoms with Gasteiger partial charge in [0.2, 0.25) is 0 Å². The molecule has 3 aromatic rings. The van der Waals surface area contributed by atoms with Gasteiger partial charge in [0.25, 0.3) is 0 Å². The Bertz CT molecular complexity index is 1250. The fraction of sp³-hybridized carbons (Fsp3) is 0.486. The molecule has 2 N–H and O–H groups in total. The fourth-order valence-electron chi connectivity index (χ4n) is 6.31. The summed E-state index contributed by atoms with van der Waals surface area (Å²) in [4.78, 5) is 2.54. The maximum Gasteiger partial charge on any atom is 0.162 e. The van der Waals surface area contributed by atoms with Crippen LogP contribution in [0.15, 0.2) is 54.6 Å². The third-order valence-electron chi connectivity index (χ3n) is 8.67. The van der Waals surface area contributed by atoms with Crippen LogP contribution in [0.25, 0.3) is 0 Å². The molecule has 1 aliphatic carbocycles. The summed E-state index contributed by atoms with van der Waals surface area (Å²) in [5.74, 6) is 3.19. The standard InChI is InChI=1S/C35H46N2O4/c1-39-34-24-32(29-12-11-28-23-30(38)14-13-27(28)22-29)33(25-35(34)40-2)36-17-7-8-26-9-15-31(16-10-26)41-21-20-37-18-5-3-4-6-19-37/h9-10,13-16,23-25,29,36,38H,3-8,11-12,17-22H2,1-2H3/t29-/m1/s1. The summed E-state index contributed by atoms with van der Waals surface area (Å²) in [6, 6.07) is 18.6. The molecular formula is C35H46N2O4. The van der Waals surface area contributed by atoms with Gasteiger partial charge >= 0.3 is 0 Å². The molecule has 0 unspecified atom stereocenters. The summed E-state index contributed by atoms with van der Waals surface area (Å²) in [6.45, 7) is 5.06. The summed E-state index contributed by atoms with van der Waals surface area (Å²) in [6.07, 6.45) is 10.3. The van der Waals surface area contributed by atoms with E-state index in [1.165, 1.54) is 61.0 Å². The Morgan fingerprint density at radius 2 is 1.63 bits per heavy atom. The predicted molar refractivity (Wildman–Crippen MR) is 166 cm³/mol. The van der Waals surface area contributed by atoms with Crippen molar-refractivity contribution in [2.75, 3.05) is 52.3 Å². The Hall–Kier alpha value is -3.38. The van der Waals surface area contributed by atoms with Crippen molar-refractivity contribution in [2.45, 2.75) is 63.7 Å². The number of fused-ring (bicyclic) bond motifs is 1. The van der Waals surface area contributed by atoms with Gasteiger partial charge in [-0.1, -0.05) is 31.0 Å². The van der Waals surface area contributed by atoms with Crippen LogP contribution in [-0.2, 0) is 19.3 Å². The van der Waals surface area contributed by atoms with Crippen LogP contribution in [0.2, 0.25) is 0 Å². The lowest BCUT2D eigenvalue weighted by molar-refractivity contribution is 0.214. The fourth-order valence-corrected chi connectivity index (χ4v) is 6.31. The van der Waals surface area contributed by atoms with E-state index >= 15 is 0 Å². The highest BCUT2D eigenvalue weighted by Gasteiger charge is 2.24. The van der Waals surface area contributed by atoms with Gasteiger partial charge in [0.15, 0.2) is 11.5 Å². The first-order valence-corrected chi connectivity index (χ1v) is 15.4. The summed E-state index contributed by atoms with van der Waals surface area (Å²) >= 11 is 0. The van der Waals surface area contributed by atoms with Gasteiger partial charge < -0.3 is 24.6 Å². The molecule has 41 heavy (non-hydrogen) atoms. The third-order valence-corrected chi connectivity index (χ3v) is 8.67. The average molecular weight is 559 g/mol. The van der Waals surface area contributed by atoms with Crippen molar-refractivity contribution in [3.05, 3.63) is 76.9 Å². The van der Waals surface area contributed by atoms with Crippen molar-refractivity contribution in [3.8, 4) is 23.0 Å². The zero-order valence-electron chi connectivity index (χ0n) is 24.8. The second-order valence-electron chi connectivity index (χ2n) is 11.5. The minimum Gasteiger partial charge on any atom is -0.508 e. The molecule has 6 nitrogen and oxygen atoms in total. The smallest absolute Gasteiger partial charge is 0.162 e. The van der Waals surface area contributed by atoms with E-state index < -0.39 is 0 Å². The molecule has 1 aliphatic heterocycles. The minimum atomic E-state index is 0.348. The van der Waals surface area contributed by atoms with E-state index in [1.54, 1.807) is 20.3 Å². The second-order valence-corrected chi connectivity index (χ2v) is 11.5. The van der Waals surface area contributed by atoms with E-state index in [0.29, 0.717) is 11.7 Å². The first-order chi connectivity index (χ1) is 20.1. The first-order valence-electron chi connectivity index (χ1n) is 15.4. The number of nitrogens with one attached hydrogen (secondary N) is 1. The van der Waals surface area contributed by atoms with Crippen LogP contribution in [0.4, 0.5) is 5.69 Å². The Morgan fingerprint density at radius 3 is 2.39 bits per heavy atom. The molecule has 220 valence electrons. The van der Waals surface area contributed by atoms with Gasteiger partial charge in [-0.2, -0.15) is 0 Å². The molecule has 2 aliphatic rings. The number of hydrogen-bond donors (Lipinski definition) is 2. The Balaban J connectivity index is 1.15. The largest absolute Gasteiger partial charge is 0.508 e. The molecule has 1 saturated heterocycles. The Kier molecular flexibility index (Phi) is 10.3. The van der Waals surface area contributed by atoms with Crippen LogP contribution in [-0.4, -0.2) is 57.0 Å². The molecule has 5 rings (SSSR count). The molecule has 0 spiro atoms. The van der Waals surface area contributed by atoms with Crippen LogP contribution < -0.4 is 19.5 Å². The average Bonchev–Trinajstić information content (AvgIpc) is 3.28. The van der Waals surface area contributed by atoms with Crippen LogP contribution in [0.1, 0.15) is 66.7 Å². The molecule has 1 heterocycles. The van der Waals surface area contributed by atoms with Crippen LogP contribution in [0, 0.1) is 0 Å². The lowest BCUT2D eigenvalue weighted by Gasteiger charge is -2.28. The molecule has 6 heteroatoms. The number of hydrogen-bond acceptors (Lipinski definition) is 6. The number of anilines is 1. The summed E-state index contributed by atoms with van der Waals surface area (Å²) in [5.41, 5.74) is 6.27. The highest BCUT2D eigenvalue weighted by atomic mass is 16.5.